The molecule has 0 fully saturated rings. The number of rotatable bonds is 5. The first-order chi connectivity index (χ1) is 13.3. The minimum Gasteiger partial charge on any atom is -0.489 e. The monoisotopic (exact) mass is 403 g/mol. The zero-order valence-corrected chi connectivity index (χ0v) is 15.4. The lowest BCUT2D eigenvalue weighted by molar-refractivity contribution is 0.0990. The van der Waals surface area contributed by atoms with Gasteiger partial charge in [-0.25, -0.2) is 13.8 Å². The Bertz CT molecular complexity index is 1170. The molecule has 2 N–H and O–H groups in total. The van der Waals surface area contributed by atoms with E-state index in [-0.39, 0.29) is 23.7 Å². The Morgan fingerprint density at radius 3 is 2.43 bits per heavy atom. The Labute approximate surface area is 163 Å². The van der Waals surface area contributed by atoms with Crippen molar-refractivity contribution in [2.24, 2.45) is 12.8 Å². The van der Waals surface area contributed by atoms with Gasteiger partial charge in [0.1, 0.15) is 18.1 Å². The van der Waals surface area contributed by atoms with Gasteiger partial charge in [0.15, 0.2) is 5.82 Å². The van der Waals surface area contributed by atoms with Gasteiger partial charge in [-0.2, -0.15) is 0 Å². The van der Waals surface area contributed by atoms with E-state index < -0.39 is 23.0 Å². The molecule has 0 aliphatic heterocycles. The average Bonchev–Trinajstić information content (AvgIpc) is 2.65. The largest absolute Gasteiger partial charge is 0.489 e. The van der Waals surface area contributed by atoms with E-state index in [2.05, 4.69) is 0 Å². The highest BCUT2D eigenvalue weighted by Gasteiger charge is 2.16. The highest BCUT2D eigenvalue weighted by atomic mass is 35.5. The molecule has 0 radical (unpaired) electrons. The van der Waals surface area contributed by atoms with E-state index in [9.17, 15) is 18.8 Å². The van der Waals surface area contributed by atoms with Crippen molar-refractivity contribution in [3.8, 4) is 11.4 Å². The summed E-state index contributed by atoms with van der Waals surface area (Å²) in [6.45, 7) is 0.185. The van der Waals surface area contributed by atoms with Gasteiger partial charge >= 0.3 is 5.69 Å². The van der Waals surface area contributed by atoms with Gasteiger partial charge in [-0.15, -0.1) is 0 Å². The third-order valence-corrected chi connectivity index (χ3v) is 4.30. The molecule has 1 amide bonds. The number of halogens is 2. The molecule has 0 atom stereocenters. The average molecular weight is 404 g/mol. The van der Waals surface area contributed by atoms with Crippen LogP contribution in [0, 0.1) is 5.82 Å². The van der Waals surface area contributed by atoms with E-state index in [1.165, 1.54) is 19.2 Å². The Morgan fingerprint density at radius 1 is 1.14 bits per heavy atom. The minimum atomic E-state index is -0.935. The van der Waals surface area contributed by atoms with E-state index in [0.717, 1.165) is 22.3 Å². The van der Waals surface area contributed by atoms with Crippen molar-refractivity contribution in [2.45, 2.75) is 6.61 Å². The molecule has 0 spiro atoms. The molecule has 1 aromatic heterocycles. The molecule has 3 aromatic rings. The Hall–Kier alpha value is -3.39. The van der Waals surface area contributed by atoms with Crippen LogP contribution in [0.15, 0.2) is 58.1 Å². The highest BCUT2D eigenvalue weighted by molar-refractivity contribution is 6.30. The van der Waals surface area contributed by atoms with Gasteiger partial charge in [0.05, 0.1) is 5.69 Å². The third-order valence-electron chi connectivity index (χ3n) is 4.05. The Morgan fingerprint density at radius 2 is 1.82 bits per heavy atom. The number of aromatic nitrogens is 2. The van der Waals surface area contributed by atoms with Crippen LogP contribution in [0.5, 0.6) is 5.75 Å². The number of benzene rings is 2. The second kappa shape index (κ2) is 7.69. The number of ether oxygens (including phenoxy) is 1. The summed E-state index contributed by atoms with van der Waals surface area (Å²) in [5.74, 6) is -1.55. The summed E-state index contributed by atoms with van der Waals surface area (Å²) in [6, 6.07) is 11.6. The van der Waals surface area contributed by atoms with Crippen LogP contribution >= 0.6 is 11.6 Å². The number of carbonyl (C=O) groups is 1. The molecule has 28 heavy (non-hydrogen) atoms. The summed E-state index contributed by atoms with van der Waals surface area (Å²) >= 11 is 5.82. The van der Waals surface area contributed by atoms with E-state index in [4.69, 9.17) is 22.1 Å². The maximum atomic E-state index is 14.6. The fourth-order valence-corrected chi connectivity index (χ4v) is 2.72. The minimum absolute atomic E-state index is 0.185. The fraction of sp³-hybridized carbons (Fsp3) is 0.105. The molecule has 0 saturated heterocycles. The molecule has 2 aromatic carbocycles. The standard InChI is InChI=1S/C19H15ClFN3O4/c1-23-16(18(22)26)9-17(25)24(19(23)27)15-7-6-13(8-14(15)21)28-10-11-2-4-12(20)5-3-11/h2-9H,10H2,1H3,(H2,22,26). The lowest BCUT2D eigenvalue weighted by Gasteiger charge is -2.12. The fourth-order valence-electron chi connectivity index (χ4n) is 2.59. The van der Waals surface area contributed by atoms with Crippen LogP contribution in [0.4, 0.5) is 4.39 Å². The van der Waals surface area contributed by atoms with E-state index in [0.29, 0.717) is 9.59 Å². The molecule has 0 bridgehead atoms. The number of primary amides is 1. The van der Waals surface area contributed by atoms with Gasteiger partial charge in [0.25, 0.3) is 11.5 Å². The number of nitrogens with zero attached hydrogens (tertiary/aromatic N) is 2. The zero-order valence-electron chi connectivity index (χ0n) is 14.7. The number of hydrogen-bond donors (Lipinski definition) is 1. The molecular formula is C19H15ClFN3O4. The predicted octanol–water partition coefficient (Wildman–Crippen LogP) is 2.01. The molecule has 7 nitrogen and oxygen atoms in total. The molecule has 0 saturated carbocycles. The summed E-state index contributed by atoms with van der Waals surface area (Å²) in [6.07, 6.45) is 0. The maximum Gasteiger partial charge on any atom is 0.336 e. The Balaban J connectivity index is 1.92. The van der Waals surface area contributed by atoms with Crippen LogP contribution in [-0.2, 0) is 13.7 Å². The zero-order chi connectivity index (χ0) is 20.4. The molecule has 3 rings (SSSR count). The van der Waals surface area contributed by atoms with Gasteiger partial charge in [-0.1, -0.05) is 23.7 Å². The molecule has 9 heteroatoms. The van der Waals surface area contributed by atoms with E-state index in [1.54, 1.807) is 24.3 Å². The topological polar surface area (TPSA) is 96.3 Å². The molecule has 144 valence electrons. The van der Waals surface area contributed by atoms with Crippen LogP contribution in [0.2, 0.25) is 5.02 Å². The summed E-state index contributed by atoms with van der Waals surface area (Å²) in [5.41, 5.74) is 3.67. The third kappa shape index (κ3) is 3.81. The van der Waals surface area contributed by atoms with Crippen LogP contribution in [-0.4, -0.2) is 15.0 Å². The maximum absolute atomic E-state index is 14.6. The van der Waals surface area contributed by atoms with Crippen molar-refractivity contribution < 1.29 is 13.9 Å². The number of carbonyl (C=O) groups excluding carboxylic acids is 1. The van der Waals surface area contributed by atoms with Crippen LogP contribution < -0.4 is 21.7 Å². The summed E-state index contributed by atoms with van der Waals surface area (Å²) < 4.78 is 21.6. The van der Waals surface area contributed by atoms with Gasteiger partial charge in [0.2, 0.25) is 0 Å². The molecular weight excluding hydrogens is 389 g/mol. The normalized spacial score (nSPS) is 10.7. The van der Waals surface area contributed by atoms with Crippen LogP contribution in [0.25, 0.3) is 5.69 Å². The van der Waals surface area contributed by atoms with Gasteiger partial charge in [0, 0.05) is 24.2 Å². The van der Waals surface area contributed by atoms with Crippen LogP contribution in [0.1, 0.15) is 16.1 Å². The van der Waals surface area contributed by atoms with E-state index in [1.807, 2.05) is 0 Å². The van der Waals surface area contributed by atoms with E-state index >= 15 is 0 Å². The van der Waals surface area contributed by atoms with Gasteiger partial charge in [-0.3, -0.25) is 14.2 Å². The summed E-state index contributed by atoms with van der Waals surface area (Å²) in [5, 5.41) is 0.591. The summed E-state index contributed by atoms with van der Waals surface area (Å²) in [7, 11) is 1.26. The SMILES string of the molecule is Cn1c(C(N)=O)cc(=O)n(-c2ccc(OCc3ccc(Cl)cc3)cc2F)c1=O. The van der Waals surface area contributed by atoms with Gasteiger partial charge in [-0.05, 0) is 29.8 Å². The quantitative estimate of drug-likeness (QED) is 0.704. The van der Waals surface area contributed by atoms with Crippen molar-refractivity contribution >= 4 is 17.5 Å². The predicted molar refractivity (Wildman–Crippen MR) is 102 cm³/mol. The smallest absolute Gasteiger partial charge is 0.336 e. The van der Waals surface area contributed by atoms with Crippen LogP contribution in [0.3, 0.4) is 0 Å². The molecule has 0 unspecified atom stereocenters. The number of amides is 1. The van der Waals surface area contributed by atoms with Crippen molar-refractivity contribution in [3.63, 3.8) is 0 Å². The van der Waals surface area contributed by atoms with Crippen molar-refractivity contribution in [1.82, 2.24) is 9.13 Å². The number of nitrogens with two attached hydrogens (primary N) is 1. The highest BCUT2D eigenvalue weighted by Crippen LogP contribution is 2.20. The second-order valence-electron chi connectivity index (χ2n) is 5.94. The lowest BCUT2D eigenvalue weighted by atomic mass is 10.2. The second-order valence-corrected chi connectivity index (χ2v) is 6.37. The lowest BCUT2D eigenvalue weighted by Crippen LogP contribution is -2.41. The molecule has 1 heterocycles. The Kier molecular flexibility index (Phi) is 5.32. The van der Waals surface area contributed by atoms with Crippen molar-refractivity contribution in [2.75, 3.05) is 0 Å². The van der Waals surface area contributed by atoms with Crippen molar-refractivity contribution in [1.29, 1.82) is 0 Å². The molecule has 0 aliphatic carbocycles. The molecule has 0 aliphatic rings. The first-order valence-corrected chi connectivity index (χ1v) is 8.46. The van der Waals surface area contributed by atoms with Gasteiger partial charge < -0.3 is 10.5 Å². The first kappa shape index (κ1) is 19.4. The number of hydrogen-bond acceptors (Lipinski definition) is 4. The first-order valence-electron chi connectivity index (χ1n) is 8.08. The van der Waals surface area contributed by atoms with Crippen molar-refractivity contribution in [3.05, 3.63) is 91.5 Å². The summed E-state index contributed by atoms with van der Waals surface area (Å²) in [4.78, 5) is 35.9.